The lowest BCUT2D eigenvalue weighted by molar-refractivity contribution is 0.0941. The van der Waals surface area contributed by atoms with Crippen molar-refractivity contribution >= 4 is 34.5 Å². The Morgan fingerprint density at radius 3 is 2.60 bits per heavy atom. The number of thiophene rings is 1. The number of anilines is 1. The molecular weight excluding hydrogens is 306 g/mol. The van der Waals surface area contributed by atoms with Crippen molar-refractivity contribution in [2.24, 2.45) is 0 Å². The third kappa shape index (κ3) is 3.08. The van der Waals surface area contributed by atoms with E-state index in [1.807, 2.05) is 0 Å². The van der Waals surface area contributed by atoms with Gasteiger partial charge >= 0.3 is 0 Å². The third-order valence-electron chi connectivity index (χ3n) is 2.71. The molecule has 7 heteroatoms. The van der Waals surface area contributed by atoms with Crippen LogP contribution >= 0.6 is 22.9 Å². The summed E-state index contributed by atoms with van der Waals surface area (Å²) in [7, 11) is 0. The molecule has 0 aliphatic rings. The molecule has 2 rings (SSSR count). The number of hydrogen-bond donors (Lipinski definition) is 2. The molecule has 0 saturated heterocycles. The molecule has 106 valence electrons. The lowest BCUT2D eigenvalue weighted by Crippen LogP contribution is -2.27. The second-order valence-corrected chi connectivity index (χ2v) is 5.94. The first-order valence-electron chi connectivity index (χ1n) is 5.69. The summed E-state index contributed by atoms with van der Waals surface area (Å²) >= 11 is 7.14. The van der Waals surface area contributed by atoms with E-state index < -0.39 is 17.5 Å². The Morgan fingerprint density at radius 1 is 1.35 bits per heavy atom. The van der Waals surface area contributed by atoms with Gasteiger partial charge in [-0.15, -0.1) is 11.3 Å². The van der Waals surface area contributed by atoms with Crippen LogP contribution in [-0.4, -0.2) is 5.91 Å². The minimum Gasteiger partial charge on any atom is -0.398 e. The van der Waals surface area contributed by atoms with Gasteiger partial charge in [-0.05, 0) is 25.1 Å². The molecule has 3 nitrogen and oxygen atoms in total. The molecule has 2 aromatic rings. The molecule has 0 radical (unpaired) electrons. The van der Waals surface area contributed by atoms with Gasteiger partial charge in [0.25, 0.3) is 5.91 Å². The number of nitrogen functional groups attached to an aromatic ring is 1. The minimum absolute atomic E-state index is 0.0987. The Bertz CT molecular complexity index is 660. The van der Waals surface area contributed by atoms with Crippen LogP contribution in [0.5, 0.6) is 0 Å². The number of hydrogen-bond acceptors (Lipinski definition) is 3. The topological polar surface area (TPSA) is 55.1 Å². The van der Waals surface area contributed by atoms with Crippen molar-refractivity contribution in [3.05, 3.63) is 50.7 Å². The van der Waals surface area contributed by atoms with Crippen LogP contribution in [0.25, 0.3) is 0 Å². The molecule has 0 aliphatic heterocycles. The number of rotatable bonds is 3. The third-order valence-corrected chi connectivity index (χ3v) is 4.12. The van der Waals surface area contributed by atoms with Crippen LogP contribution in [-0.2, 0) is 0 Å². The highest BCUT2D eigenvalue weighted by atomic mass is 35.5. The predicted octanol–water partition coefficient (Wildman–Crippen LogP) is 3.75. The molecule has 0 aliphatic carbocycles. The van der Waals surface area contributed by atoms with Crippen molar-refractivity contribution < 1.29 is 13.6 Å². The van der Waals surface area contributed by atoms with Gasteiger partial charge in [0.05, 0.1) is 15.9 Å². The Hall–Kier alpha value is -1.66. The van der Waals surface area contributed by atoms with E-state index in [9.17, 15) is 13.6 Å². The van der Waals surface area contributed by atoms with E-state index in [0.717, 1.165) is 17.0 Å². The number of amides is 1. The maximum Gasteiger partial charge on any atom is 0.253 e. The maximum absolute atomic E-state index is 13.2. The minimum atomic E-state index is -1.11. The van der Waals surface area contributed by atoms with Crippen molar-refractivity contribution in [3.8, 4) is 0 Å². The second kappa shape index (κ2) is 5.76. The standard InChI is InChI=1S/C13H11ClF2N2OS/c1-6(11-2-3-12(14)20-11)18-13(19)7-4-8(15)9(16)5-10(7)17/h2-6H,17H2,1H3,(H,18,19). The van der Waals surface area contributed by atoms with Crippen molar-refractivity contribution in [1.29, 1.82) is 0 Å². The van der Waals surface area contributed by atoms with E-state index in [1.54, 1.807) is 19.1 Å². The van der Waals surface area contributed by atoms with E-state index in [-0.39, 0.29) is 17.3 Å². The lowest BCUT2D eigenvalue weighted by Gasteiger charge is -2.13. The number of nitrogens with two attached hydrogens (primary N) is 1. The van der Waals surface area contributed by atoms with Crippen LogP contribution in [0.1, 0.15) is 28.2 Å². The summed E-state index contributed by atoms with van der Waals surface area (Å²) in [6, 6.07) is 4.76. The largest absolute Gasteiger partial charge is 0.398 e. The lowest BCUT2D eigenvalue weighted by atomic mass is 10.1. The van der Waals surface area contributed by atoms with Crippen LogP contribution in [0.2, 0.25) is 4.34 Å². The molecule has 0 spiro atoms. The molecule has 1 atom stereocenters. The fraction of sp³-hybridized carbons (Fsp3) is 0.154. The summed E-state index contributed by atoms with van der Waals surface area (Å²) in [5.74, 6) is -2.77. The van der Waals surface area contributed by atoms with Crippen LogP contribution in [0.3, 0.4) is 0 Å². The smallest absolute Gasteiger partial charge is 0.253 e. The Morgan fingerprint density at radius 2 is 2.00 bits per heavy atom. The van der Waals surface area contributed by atoms with Gasteiger partial charge in [-0.2, -0.15) is 0 Å². The molecule has 0 fully saturated rings. The summed E-state index contributed by atoms with van der Waals surface area (Å²) in [4.78, 5) is 12.9. The number of carbonyl (C=O) groups excluding carboxylic acids is 1. The Balaban J connectivity index is 2.18. The second-order valence-electron chi connectivity index (χ2n) is 4.19. The number of carbonyl (C=O) groups is 1. The highest BCUT2D eigenvalue weighted by Gasteiger charge is 2.17. The first-order chi connectivity index (χ1) is 9.38. The molecule has 20 heavy (non-hydrogen) atoms. The summed E-state index contributed by atoms with van der Waals surface area (Å²) in [6.45, 7) is 1.76. The molecule has 3 N–H and O–H groups in total. The predicted molar refractivity (Wildman–Crippen MR) is 76.0 cm³/mol. The van der Waals surface area contributed by atoms with Crippen LogP contribution in [0, 0.1) is 11.6 Å². The highest BCUT2D eigenvalue weighted by Crippen LogP contribution is 2.27. The van der Waals surface area contributed by atoms with Gasteiger partial charge in [-0.1, -0.05) is 11.6 Å². The average molecular weight is 317 g/mol. The van der Waals surface area contributed by atoms with Gasteiger partial charge in [0.2, 0.25) is 0 Å². The first-order valence-corrected chi connectivity index (χ1v) is 6.88. The summed E-state index contributed by atoms with van der Waals surface area (Å²) in [5.41, 5.74) is 5.31. The highest BCUT2D eigenvalue weighted by molar-refractivity contribution is 7.16. The first kappa shape index (κ1) is 14.7. The van der Waals surface area contributed by atoms with Crippen molar-refractivity contribution in [3.63, 3.8) is 0 Å². The van der Waals surface area contributed by atoms with Gasteiger partial charge in [0, 0.05) is 16.6 Å². The summed E-state index contributed by atoms with van der Waals surface area (Å²) in [5, 5.41) is 2.66. The van der Waals surface area contributed by atoms with Crippen LogP contribution in [0.4, 0.5) is 14.5 Å². The monoisotopic (exact) mass is 316 g/mol. The Kier molecular flexibility index (Phi) is 4.25. The number of halogens is 3. The van der Waals surface area contributed by atoms with Crippen LogP contribution in [0.15, 0.2) is 24.3 Å². The molecule has 1 unspecified atom stereocenters. The zero-order chi connectivity index (χ0) is 14.9. The van der Waals surface area contributed by atoms with Gasteiger partial charge in [-0.25, -0.2) is 8.78 Å². The molecule has 0 saturated carbocycles. The fourth-order valence-electron chi connectivity index (χ4n) is 1.67. The zero-order valence-corrected chi connectivity index (χ0v) is 12.0. The quantitative estimate of drug-likeness (QED) is 0.847. The molecule has 1 heterocycles. The van der Waals surface area contributed by atoms with E-state index >= 15 is 0 Å². The van der Waals surface area contributed by atoms with E-state index in [0.29, 0.717) is 4.34 Å². The molecule has 1 amide bonds. The SMILES string of the molecule is CC(NC(=O)c1cc(F)c(F)cc1N)c1ccc(Cl)s1. The van der Waals surface area contributed by atoms with Crippen molar-refractivity contribution in [2.75, 3.05) is 5.73 Å². The van der Waals surface area contributed by atoms with Gasteiger partial charge < -0.3 is 11.1 Å². The zero-order valence-electron chi connectivity index (χ0n) is 10.4. The summed E-state index contributed by atoms with van der Waals surface area (Å²) < 4.78 is 26.7. The fourth-order valence-corrected chi connectivity index (χ4v) is 2.73. The summed E-state index contributed by atoms with van der Waals surface area (Å²) in [6.07, 6.45) is 0. The molecule has 1 aromatic heterocycles. The van der Waals surface area contributed by atoms with E-state index in [1.165, 1.54) is 11.3 Å². The normalized spacial score (nSPS) is 12.2. The van der Waals surface area contributed by atoms with Gasteiger partial charge in [0.15, 0.2) is 11.6 Å². The Labute approximate surface area is 123 Å². The van der Waals surface area contributed by atoms with Crippen molar-refractivity contribution in [2.45, 2.75) is 13.0 Å². The molecular formula is C13H11ClF2N2OS. The maximum atomic E-state index is 13.2. The average Bonchev–Trinajstić information content (AvgIpc) is 2.80. The molecule has 1 aromatic carbocycles. The molecule has 0 bridgehead atoms. The number of nitrogens with one attached hydrogen (secondary N) is 1. The number of benzene rings is 1. The van der Waals surface area contributed by atoms with E-state index in [4.69, 9.17) is 17.3 Å². The van der Waals surface area contributed by atoms with Crippen LogP contribution < -0.4 is 11.1 Å². The van der Waals surface area contributed by atoms with Gasteiger partial charge in [-0.3, -0.25) is 4.79 Å². The van der Waals surface area contributed by atoms with Crippen molar-refractivity contribution in [1.82, 2.24) is 5.32 Å². The van der Waals surface area contributed by atoms with Gasteiger partial charge in [0.1, 0.15) is 0 Å². The van der Waals surface area contributed by atoms with E-state index in [2.05, 4.69) is 5.32 Å².